The average Bonchev–Trinajstić information content (AvgIpc) is 3.13. The predicted molar refractivity (Wildman–Crippen MR) is 119 cm³/mol. The normalized spacial score (nSPS) is 11.6. The number of para-hydroxylation sites is 1. The summed E-state index contributed by atoms with van der Waals surface area (Å²) in [5.41, 5.74) is 7.99. The van der Waals surface area contributed by atoms with Crippen molar-refractivity contribution in [3.8, 4) is 22.4 Å². The van der Waals surface area contributed by atoms with Gasteiger partial charge >= 0.3 is 0 Å². The van der Waals surface area contributed by atoms with Gasteiger partial charge in [-0.3, -0.25) is 4.98 Å². The molecule has 0 bridgehead atoms. The van der Waals surface area contributed by atoms with Gasteiger partial charge in [-0.2, -0.15) is 0 Å². The minimum absolute atomic E-state index is 0.360. The van der Waals surface area contributed by atoms with Gasteiger partial charge in [-0.05, 0) is 53.8 Å². The lowest BCUT2D eigenvalue weighted by molar-refractivity contribution is 0.648. The maximum Gasteiger partial charge on any atom is 0.227 e. The Hall–Kier alpha value is -3.46. The molecule has 0 saturated carbocycles. The molecule has 5 rings (SSSR count). The lowest BCUT2D eigenvalue weighted by atomic mass is 9.99. The van der Waals surface area contributed by atoms with Crippen molar-refractivity contribution >= 4 is 22.1 Å². The SMILES string of the molecule is Cc1cnc(-c2cccc3c2oc2nc(C(C)C)ccc23)cc1-c1ccccc1. The molecular formula is C26H22N2O. The van der Waals surface area contributed by atoms with Crippen LogP contribution in [0.5, 0.6) is 0 Å². The van der Waals surface area contributed by atoms with E-state index in [0.29, 0.717) is 11.6 Å². The Morgan fingerprint density at radius 3 is 2.45 bits per heavy atom. The minimum atomic E-state index is 0.360. The van der Waals surface area contributed by atoms with Crippen molar-refractivity contribution in [3.63, 3.8) is 0 Å². The van der Waals surface area contributed by atoms with Gasteiger partial charge in [-0.1, -0.05) is 56.3 Å². The van der Waals surface area contributed by atoms with Crippen molar-refractivity contribution in [2.24, 2.45) is 0 Å². The number of pyridine rings is 2. The second-order valence-electron chi connectivity index (χ2n) is 7.78. The zero-order chi connectivity index (χ0) is 20.0. The highest BCUT2D eigenvalue weighted by Crippen LogP contribution is 2.36. The van der Waals surface area contributed by atoms with Crippen LogP contribution in [0.2, 0.25) is 0 Å². The second-order valence-corrected chi connectivity index (χ2v) is 7.78. The van der Waals surface area contributed by atoms with Crippen LogP contribution in [0, 0.1) is 6.92 Å². The van der Waals surface area contributed by atoms with Crippen molar-refractivity contribution in [1.29, 1.82) is 0 Å². The Labute approximate surface area is 170 Å². The number of benzene rings is 2. The summed E-state index contributed by atoms with van der Waals surface area (Å²) in [6.07, 6.45) is 1.94. The summed E-state index contributed by atoms with van der Waals surface area (Å²) >= 11 is 0. The van der Waals surface area contributed by atoms with Crippen LogP contribution in [-0.4, -0.2) is 9.97 Å². The molecule has 5 aromatic rings. The summed E-state index contributed by atoms with van der Waals surface area (Å²) in [6.45, 7) is 6.38. The van der Waals surface area contributed by atoms with Crippen LogP contribution in [0.3, 0.4) is 0 Å². The molecule has 0 aliphatic heterocycles. The average molecular weight is 378 g/mol. The molecule has 2 aromatic carbocycles. The summed E-state index contributed by atoms with van der Waals surface area (Å²) < 4.78 is 6.25. The zero-order valence-corrected chi connectivity index (χ0v) is 16.8. The minimum Gasteiger partial charge on any atom is -0.437 e. The standard InChI is InChI=1S/C26H22N2O/c1-16(2)23-13-12-20-19-10-7-11-21(25(19)29-26(20)28-23)24-14-22(17(3)15-27-24)18-8-5-4-6-9-18/h4-16H,1-3H3. The number of hydrogen-bond acceptors (Lipinski definition) is 3. The molecule has 0 spiro atoms. The molecule has 29 heavy (non-hydrogen) atoms. The summed E-state index contributed by atoms with van der Waals surface area (Å²) in [7, 11) is 0. The van der Waals surface area contributed by atoms with Crippen molar-refractivity contribution in [1.82, 2.24) is 9.97 Å². The first-order chi connectivity index (χ1) is 14.1. The number of aromatic nitrogens is 2. The number of aryl methyl sites for hydroxylation is 1. The first-order valence-corrected chi connectivity index (χ1v) is 9.96. The highest BCUT2D eigenvalue weighted by molar-refractivity contribution is 6.08. The van der Waals surface area contributed by atoms with E-state index < -0.39 is 0 Å². The molecule has 3 aromatic heterocycles. The molecule has 0 N–H and O–H groups in total. The molecule has 0 atom stereocenters. The van der Waals surface area contributed by atoms with Gasteiger partial charge < -0.3 is 4.42 Å². The third kappa shape index (κ3) is 2.99. The first-order valence-electron chi connectivity index (χ1n) is 9.96. The largest absolute Gasteiger partial charge is 0.437 e. The third-order valence-electron chi connectivity index (χ3n) is 5.44. The highest BCUT2D eigenvalue weighted by Gasteiger charge is 2.16. The number of nitrogens with zero attached hydrogens (tertiary/aromatic N) is 2. The van der Waals surface area contributed by atoms with Crippen LogP contribution in [-0.2, 0) is 0 Å². The summed E-state index contributed by atoms with van der Waals surface area (Å²) in [6, 6.07) is 23.0. The van der Waals surface area contributed by atoms with Gasteiger partial charge in [0.05, 0.1) is 5.69 Å². The van der Waals surface area contributed by atoms with Gasteiger partial charge in [0.2, 0.25) is 5.71 Å². The molecule has 3 heterocycles. The molecule has 3 heteroatoms. The van der Waals surface area contributed by atoms with E-state index in [2.05, 4.69) is 81.4 Å². The van der Waals surface area contributed by atoms with Crippen LogP contribution in [0.1, 0.15) is 31.0 Å². The van der Waals surface area contributed by atoms with Gasteiger partial charge in [-0.25, -0.2) is 4.98 Å². The topological polar surface area (TPSA) is 38.9 Å². The molecule has 0 aliphatic rings. The van der Waals surface area contributed by atoms with E-state index in [4.69, 9.17) is 14.4 Å². The van der Waals surface area contributed by atoms with Gasteiger partial charge in [0.25, 0.3) is 0 Å². The fourth-order valence-corrected chi connectivity index (χ4v) is 3.82. The number of hydrogen-bond donors (Lipinski definition) is 0. The fourth-order valence-electron chi connectivity index (χ4n) is 3.82. The quantitative estimate of drug-likeness (QED) is 0.335. The molecule has 142 valence electrons. The van der Waals surface area contributed by atoms with E-state index in [9.17, 15) is 0 Å². The molecule has 0 saturated heterocycles. The van der Waals surface area contributed by atoms with Crippen LogP contribution in [0.15, 0.2) is 77.3 Å². The van der Waals surface area contributed by atoms with Crippen molar-refractivity contribution < 1.29 is 4.42 Å². The third-order valence-corrected chi connectivity index (χ3v) is 5.44. The summed E-state index contributed by atoms with van der Waals surface area (Å²) in [5, 5.41) is 2.12. The Balaban J connectivity index is 1.72. The van der Waals surface area contributed by atoms with Crippen LogP contribution >= 0.6 is 0 Å². The summed E-state index contributed by atoms with van der Waals surface area (Å²) in [4.78, 5) is 9.46. The Bertz CT molecular complexity index is 1330. The molecule has 0 fully saturated rings. The monoisotopic (exact) mass is 378 g/mol. The van der Waals surface area contributed by atoms with Crippen molar-refractivity contribution in [2.75, 3.05) is 0 Å². The molecule has 3 nitrogen and oxygen atoms in total. The predicted octanol–water partition coefficient (Wildman–Crippen LogP) is 7.14. The van der Waals surface area contributed by atoms with E-state index in [1.807, 2.05) is 12.3 Å². The molecule has 0 unspecified atom stereocenters. The van der Waals surface area contributed by atoms with Gasteiger partial charge in [-0.15, -0.1) is 0 Å². The summed E-state index contributed by atoms with van der Waals surface area (Å²) in [5.74, 6) is 0.360. The Morgan fingerprint density at radius 2 is 1.66 bits per heavy atom. The van der Waals surface area contributed by atoms with Gasteiger partial charge in [0.1, 0.15) is 5.58 Å². The lowest BCUT2D eigenvalue weighted by Crippen LogP contribution is -1.90. The number of rotatable bonds is 3. The molecule has 0 aliphatic carbocycles. The van der Waals surface area contributed by atoms with Gasteiger partial charge in [0.15, 0.2) is 0 Å². The van der Waals surface area contributed by atoms with E-state index in [1.54, 1.807) is 0 Å². The van der Waals surface area contributed by atoms with Crippen molar-refractivity contribution in [3.05, 3.63) is 84.2 Å². The van der Waals surface area contributed by atoms with Crippen LogP contribution in [0.4, 0.5) is 0 Å². The zero-order valence-electron chi connectivity index (χ0n) is 16.8. The van der Waals surface area contributed by atoms with Crippen LogP contribution < -0.4 is 0 Å². The number of fused-ring (bicyclic) bond motifs is 3. The lowest BCUT2D eigenvalue weighted by Gasteiger charge is -2.09. The van der Waals surface area contributed by atoms with Crippen LogP contribution in [0.25, 0.3) is 44.5 Å². The van der Waals surface area contributed by atoms with E-state index in [0.717, 1.165) is 38.9 Å². The maximum atomic E-state index is 6.25. The Kier molecular flexibility index (Phi) is 4.17. The first kappa shape index (κ1) is 17.6. The fraction of sp³-hybridized carbons (Fsp3) is 0.154. The molecular weight excluding hydrogens is 356 g/mol. The second kappa shape index (κ2) is 6.85. The van der Waals surface area contributed by atoms with E-state index in [1.165, 1.54) is 11.1 Å². The maximum absolute atomic E-state index is 6.25. The van der Waals surface area contributed by atoms with Gasteiger partial charge in [0, 0.05) is 28.2 Å². The highest BCUT2D eigenvalue weighted by atomic mass is 16.3. The van der Waals surface area contributed by atoms with E-state index in [-0.39, 0.29) is 0 Å². The molecule has 0 radical (unpaired) electrons. The van der Waals surface area contributed by atoms with Crippen molar-refractivity contribution in [2.45, 2.75) is 26.7 Å². The smallest absolute Gasteiger partial charge is 0.227 e. The number of furan rings is 1. The molecule has 0 amide bonds. The van der Waals surface area contributed by atoms with E-state index >= 15 is 0 Å². The Morgan fingerprint density at radius 1 is 0.828 bits per heavy atom.